The highest BCUT2D eigenvalue weighted by Gasteiger charge is 2.10. The Balaban J connectivity index is 1.38. The fraction of sp³-hybridized carbons (Fsp3) is 0.0588. The van der Waals surface area contributed by atoms with Crippen LogP contribution in [0.5, 0.6) is 0 Å². The minimum atomic E-state index is 0.657. The van der Waals surface area contributed by atoms with E-state index in [1.807, 2.05) is 24.3 Å². The molecule has 5 rings (SSSR count). The first-order valence-corrected chi connectivity index (χ1v) is 10.4. The van der Waals surface area contributed by atoms with Crippen LogP contribution >= 0.6 is 34.4 Å². The van der Waals surface area contributed by atoms with Gasteiger partial charge in [-0.3, -0.25) is 0 Å². The van der Waals surface area contributed by atoms with Crippen molar-refractivity contribution in [3.63, 3.8) is 0 Å². The van der Waals surface area contributed by atoms with Crippen LogP contribution in [0.1, 0.15) is 5.69 Å². The summed E-state index contributed by atoms with van der Waals surface area (Å²) in [6, 6.07) is 10.1. The number of thiazole rings is 1. The van der Waals surface area contributed by atoms with Gasteiger partial charge in [0.05, 0.1) is 5.69 Å². The molecule has 0 bridgehead atoms. The number of para-hydroxylation sites is 1. The van der Waals surface area contributed by atoms with Gasteiger partial charge in [0.2, 0.25) is 5.16 Å². The van der Waals surface area contributed by atoms with Gasteiger partial charge >= 0.3 is 0 Å². The van der Waals surface area contributed by atoms with Gasteiger partial charge in [-0.1, -0.05) is 30.0 Å². The summed E-state index contributed by atoms with van der Waals surface area (Å²) in [5, 5.41) is 17.7. The molecule has 4 heterocycles. The molecule has 0 saturated carbocycles. The van der Waals surface area contributed by atoms with Crippen LogP contribution in [-0.2, 0) is 5.75 Å². The maximum Gasteiger partial charge on any atom is 0.211 e. The summed E-state index contributed by atoms with van der Waals surface area (Å²) in [4.78, 5) is 12.6. The Morgan fingerprint density at radius 3 is 2.92 bits per heavy atom. The molecule has 0 aliphatic carbocycles. The minimum Gasteiger partial charge on any atom is -0.338 e. The van der Waals surface area contributed by atoms with Crippen molar-refractivity contribution in [2.75, 3.05) is 0 Å². The highest BCUT2D eigenvalue weighted by Crippen LogP contribution is 2.29. The lowest BCUT2D eigenvalue weighted by Gasteiger charge is -1.97. The monoisotopic (exact) mass is 381 g/mol. The second kappa shape index (κ2) is 6.21. The normalized spacial score (nSPS) is 11.5. The van der Waals surface area contributed by atoms with Crippen LogP contribution in [0.3, 0.4) is 0 Å². The number of thiophene rings is 1. The number of aromatic nitrogens is 5. The Morgan fingerprint density at radius 1 is 1.04 bits per heavy atom. The molecule has 0 radical (unpaired) electrons. The lowest BCUT2D eigenvalue weighted by atomic mass is 10.2. The van der Waals surface area contributed by atoms with E-state index in [1.54, 1.807) is 34.4 Å². The highest BCUT2D eigenvalue weighted by atomic mass is 32.2. The Bertz CT molecular complexity index is 1160. The van der Waals surface area contributed by atoms with Crippen molar-refractivity contribution in [3.05, 3.63) is 52.2 Å². The van der Waals surface area contributed by atoms with E-state index < -0.39 is 0 Å². The molecular formula is C17H11N5S3. The smallest absolute Gasteiger partial charge is 0.211 e. The van der Waals surface area contributed by atoms with E-state index in [4.69, 9.17) is 0 Å². The molecule has 8 heteroatoms. The van der Waals surface area contributed by atoms with Gasteiger partial charge in [-0.15, -0.1) is 21.5 Å². The van der Waals surface area contributed by atoms with E-state index in [2.05, 4.69) is 47.4 Å². The molecule has 1 aromatic carbocycles. The summed E-state index contributed by atoms with van der Waals surface area (Å²) >= 11 is 4.90. The molecular weight excluding hydrogens is 370 g/mol. The third kappa shape index (κ3) is 2.82. The van der Waals surface area contributed by atoms with Crippen molar-refractivity contribution in [1.82, 2.24) is 25.1 Å². The number of rotatable bonds is 4. The molecule has 4 aromatic heterocycles. The van der Waals surface area contributed by atoms with E-state index in [9.17, 15) is 0 Å². The average molecular weight is 382 g/mol. The summed E-state index contributed by atoms with van der Waals surface area (Å²) in [6.07, 6.45) is 0. The summed E-state index contributed by atoms with van der Waals surface area (Å²) in [6.45, 7) is 0. The number of nitrogens with zero attached hydrogens (tertiary/aromatic N) is 4. The predicted octanol–water partition coefficient (Wildman–Crippen LogP) is 4.98. The first-order chi connectivity index (χ1) is 12.4. The number of hydrogen-bond donors (Lipinski definition) is 1. The van der Waals surface area contributed by atoms with E-state index >= 15 is 0 Å². The predicted molar refractivity (Wildman–Crippen MR) is 104 cm³/mol. The number of nitrogens with one attached hydrogen (secondary N) is 1. The van der Waals surface area contributed by atoms with Crippen molar-refractivity contribution in [2.24, 2.45) is 0 Å². The fourth-order valence-electron chi connectivity index (χ4n) is 2.60. The Morgan fingerprint density at radius 2 is 2.00 bits per heavy atom. The van der Waals surface area contributed by atoms with Gasteiger partial charge < -0.3 is 4.98 Å². The molecule has 0 aliphatic heterocycles. The lowest BCUT2D eigenvalue weighted by molar-refractivity contribution is 0.877. The van der Waals surface area contributed by atoms with E-state index in [0.29, 0.717) is 5.16 Å². The molecule has 0 saturated heterocycles. The summed E-state index contributed by atoms with van der Waals surface area (Å²) in [7, 11) is 0. The van der Waals surface area contributed by atoms with Gasteiger partial charge in [-0.2, -0.15) is 11.3 Å². The number of fused-ring (bicyclic) bond motifs is 3. The molecule has 0 unspecified atom stereocenters. The molecule has 5 nitrogen and oxygen atoms in total. The lowest BCUT2D eigenvalue weighted by Crippen LogP contribution is -1.92. The Hall–Kier alpha value is -2.29. The van der Waals surface area contributed by atoms with Crippen LogP contribution in [0, 0.1) is 0 Å². The van der Waals surface area contributed by atoms with Crippen LogP contribution in [0.4, 0.5) is 0 Å². The molecule has 5 aromatic rings. The largest absolute Gasteiger partial charge is 0.338 e. The van der Waals surface area contributed by atoms with Crippen molar-refractivity contribution in [2.45, 2.75) is 10.9 Å². The first-order valence-electron chi connectivity index (χ1n) is 7.58. The Kier molecular flexibility index (Phi) is 3.73. The third-order valence-corrected chi connectivity index (χ3v) is 6.27. The summed E-state index contributed by atoms with van der Waals surface area (Å²) in [5.74, 6) is 0.730. The zero-order valence-electron chi connectivity index (χ0n) is 12.8. The van der Waals surface area contributed by atoms with Crippen LogP contribution in [-0.4, -0.2) is 25.1 Å². The average Bonchev–Trinajstić information content (AvgIpc) is 3.37. The molecule has 0 aliphatic rings. The van der Waals surface area contributed by atoms with Crippen molar-refractivity contribution < 1.29 is 0 Å². The zero-order valence-corrected chi connectivity index (χ0v) is 15.3. The van der Waals surface area contributed by atoms with Gasteiger partial charge in [-0.05, 0) is 17.5 Å². The highest BCUT2D eigenvalue weighted by molar-refractivity contribution is 7.98. The third-order valence-electron chi connectivity index (χ3n) is 3.77. The molecule has 122 valence electrons. The SMILES string of the molecule is c1ccc2c(c1)[nH]c1nc(SCc3csc(-c4ccsc4)n3)nnc12. The number of benzene rings is 1. The number of aromatic amines is 1. The van der Waals surface area contributed by atoms with E-state index in [-0.39, 0.29) is 0 Å². The van der Waals surface area contributed by atoms with Gasteiger partial charge in [0.15, 0.2) is 5.65 Å². The quantitative estimate of drug-likeness (QED) is 0.445. The summed E-state index contributed by atoms with van der Waals surface area (Å²) < 4.78 is 0. The molecule has 0 spiro atoms. The maximum absolute atomic E-state index is 4.69. The van der Waals surface area contributed by atoms with Crippen molar-refractivity contribution in [1.29, 1.82) is 0 Å². The Labute approximate surface area is 155 Å². The summed E-state index contributed by atoms with van der Waals surface area (Å²) in [5.41, 5.74) is 4.84. The number of thioether (sulfide) groups is 1. The van der Waals surface area contributed by atoms with E-state index in [1.165, 1.54) is 5.56 Å². The zero-order chi connectivity index (χ0) is 16.6. The van der Waals surface area contributed by atoms with Crippen LogP contribution in [0.25, 0.3) is 32.6 Å². The van der Waals surface area contributed by atoms with Gasteiger partial charge in [0.25, 0.3) is 0 Å². The number of hydrogen-bond acceptors (Lipinski definition) is 7. The standard InChI is InChI=1S/C17H11N5S3/c1-2-4-13-12(3-1)14-15(19-13)20-17(22-21-14)25-9-11-8-24-16(18-11)10-5-6-23-7-10/h1-8H,9H2,(H,19,20,22). The molecule has 0 atom stereocenters. The molecule has 0 fully saturated rings. The van der Waals surface area contributed by atoms with Gasteiger partial charge in [-0.25, -0.2) is 9.97 Å². The van der Waals surface area contributed by atoms with E-state index in [0.717, 1.165) is 38.5 Å². The van der Waals surface area contributed by atoms with Gasteiger partial charge in [0, 0.05) is 33.0 Å². The van der Waals surface area contributed by atoms with Crippen molar-refractivity contribution >= 4 is 56.5 Å². The molecule has 1 N–H and O–H groups in total. The second-order valence-electron chi connectivity index (χ2n) is 5.41. The van der Waals surface area contributed by atoms with Crippen molar-refractivity contribution in [3.8, 4) is 10.6 Å². The molecule has 0 amide bonds. The maximum atomic E-state index is 4.69. The minimum absolute atomic E-state index is 0.657. The topological polar surface area (TPSA) is 67.3 Å². The number of H-pyrrole nitrogens is 1. The van der Waals surface area contributed by atoms with Crippen LogP contribution in [0.2, 0.25) is 0 Å². The fourth-order valence-corrected chi connectivity index (χ4v) is 4.91. The first kappa shape index (κ1) is 15.0. The van der Waals surface area contributed by atoms with Crippen LogP contribution in [0.15, 0.2) is 51.6 Å². The van der Waals surface area contributed by atoms with Gasteiger partial charge in [0.1, 0.15) is 10.5 Å². The molecule has 25 heavy (non-hydrogen) atoms. The van der Waals surface area contributed by atoms with Crippen LogP contribution < -0.4 is 0 Å². The second-order valence-corrected chi connectivity index (χ2v) is 7.99.